The fourth-order valence-corrected chi connectivity index (χ4v) is 5.98. The molecule has 1 saturated carbocycles. The second kappa shape index (κ2) is 10.2. The molecule has 1 aliphatic carbocycles. The minimum atomic E-state index is -1.74. The number of methoxy groups -OCH3 is 1. The topological polar surface area (TPSA) is 128 Å². The molecule has 13 heteroatoms. The number of carbonyl (C=O) groups is 3. The lowest BCUT2D eigenvalue weighted by Gasteiger charge is -2.35. The van der Waals surface area contributed by atoms with Crippen molar-refractivity contribution in [1.82, 2.24) is 14.8 Å². The Balaban J connectivity index is 1.30. The number of carbonyl (C=O) groups excluding carboxylic acids is 3. The third kappa shape index (κ3) is 4.58. The molecular weight excluding hydrogens is 572 g/mol. The van der Waals surface area contributed by atoms with E-state index in [-0.39, 0.29) is 36.0 Å². The number of aromatic amines is 1. The highest BCUT2D eigenvalue weighted by molar-refractivity contribution is 6.35. The predicted octanol–water partition coefficient (Wildman–Crippen LogP) is 4.24. The van der Waals surface area contributed by atoms with E-state index in [1.54, 1.807) is 18.2 Å². The fraction of sp³-hybridized carbons (Fsp3) is 0.379. The summed E-state index contributed by atoms with van der Waals surface area (Å²) in [5.74, 6) is -3.15. The van der Waals surface area contributed by atoms with Crippen LogP contribution in [-0.2, 0) is 9.59 Å². The van der Waals surface area contributed by atoms with Crippen molar-refractivity contribution in [3.63, 3.8) is 0 Å². The van der Waals surface area contributed by atoms with E-state index in [1.165, 1.54) is 24.0 Å². The van der Waals surface area contributed by atoms with Gasteiger partial charge in [-0.2, -0.15) is 5.26 Å². The van der Waals surface area contributed by atoms with Gasteiger partial charge in [0.15, 0.2) is 11.6 Å². The SMILES string of the molecule is COc1ccc(Cl)c2[nH]c(C(=O)N(C)[C@@H](CC3CC3)C(=O)N3C[C@@]4(C[C@H]3C#N)Oc3cc(F)cc(F)c3NC4=O)cc12. The maximum Gasteiger partial charge on any atom is 0.270 e. The summed E-state index contributed by atoms with van der Waals surface area (Å²) in [6, 6.07) is 6.52. The van der Waals surface area contributed by atoms with Crippen LogP contribution in [0.4, 0.5) is 14.5 Å². The Labute approximate surface area is 244 Å². The van der Waals surface area contributed by atoms with E-state index in [1.807, 2.05) is 0 Å². The molecule has 1 saturated heterocycles. The second-order valence-electron chi connectivity index (χ2n) is 11.0. The Hall–Kier alpha value is -4.37. The van der Waals surface area contributed by atoms with E-state index >= 15 is 0 Å². The van der Waals surface area contributed by atoms with Crippen molar-refractivity contribution >= 4 is 45.9 Å². The molecule has 2 aliphatic heterocycles. The molecule has 0 bridgehead atoms. The minimum absolute atomic E-state index is 0.192. The second-order valence-corrected chi connectivity index (χ2v) is 11.4. The first kappa shape index (κ1) is 27.8. The number of amides is 3. The maximum absolute atomic E-state index is 14.3. The number of likely N-dealkylation sites (N-methyl/N-ethyl adjacent to an activating group) is 1. The first-order chi connectivity index (χ1) is 20.0. The summed E-state index contributed by atoms with van der Waals surface area (Å²) in [6.45, 7) is -0.337. The largest absolute Gasteiger partial charge is 0.496 e. The van der Waals surface area contributed by atoms with Crippen LogP contribution < -0.4 is 14.8 Å². The summed E-state index contributed by atoms with van der Waals surface area (Å²) in [7, 11) is 3.01. The van der Waals surface area contributed by atoms with E-state index in [0.717, 1.165) is 18.9 Å². The van der Waals surface area contributed by atoms with Gasteiger partial charge in [-0.05, 0) is 30.5 Å². The quantitative estimate of drug-likeness (QED) is 0.437. The number of nitrogens with one attached hydrogen (secondary N) is 2. The van der Waals surface area contributed by atoms with Crippen LogP contribution in [0.5, 0.6) is 11.5 Å². The summed E-state index contributed by atoms with van der Waals surface area (Å²) in [4.78, 5) is 46.5. The molecule has 0 radical (unpaired) electrons. The van der Waals surface area contributed by atoms with Crippen molar-refractivity contribution in [1.29, 1.82) is 5.26 Å². The van der Waals surface area contributed by atoms with Gasteiger partial charge in [0.25, 0.3) is 11.8 Å². The van der Waals surface area contributed by atoms with E-state index in [9.17, 15) is 28.4 Å². The maximum atomic E-state index is 14.3. The van der Waals surface area contributed by atoms with Crippen molar-refractivity contribution in [2.24, 2.45) is 5.92 Å². The van der Waals surface area contributed by atoms with E-state index < -0.39 is 47.0 Å². The Morgan fingerprint density at radius 3 is 2.76 bits per heavy atom. The van der Waals surface area contributed by atoms with E-state index in [4.69, 9.17) is 21.1 Å². The highest BCUT2D eigenvalue weighted by Gasteiger charge is 2.57. The van der Waals surface area contributed by atoms with E-state index in [2.05, 4.69) is 16.4 Å². The number of hydrogen-bond acceptors (Lipinski definition) is 6. The van der Waals surface area contributed by atoms with Crippen molar-refractivity contribution in [3.8, 4) is 17.6 Å². The molecule has 2 fully saturated rings. The van der Waals surface area contributed by atoms with Crippen LogP contribution in [0.3, 0.4) is 0 Å². The van der Waals surface area contributed by atoms with Gasteiger partial charge in [0.05, 0.1) is 30.3 Å². The van der Waals surface area contributed by atoms with Crippen LogP contribution in [0.15, 0.2) is 30.3 Å². The van der Waals surface area contributed by atoms with Crippen LogP contribution in [-0.4, -0.2) is 70.9 Å². The van der Waals surface area contributed by atoms with Crippen LogP contribution in [0, 0.1) is 28.9 Å². The molecule has 3 aromatic rings. The molecule has 2 aromatic carbocycles. The summed E-state index contributed by atoms with van der Waals surface area (Å²) in [6.07, 6.45) is 1.94. The Kier molecular flexibility index (Phi) is 6.73. The van der Waals surface area contributed by atoms with Gasteiger partial charge in [0.1, 0.15) is 35.0 Å². The summed E-state index contributed by atoms with van der Waals surface area (Å²) in [5.41, 5.74) is -1.34. The number of H-pyrrole nitrogens is 1. The number of hydrogen-bond donors (Lipinski definition) is 2. The molecule has 3 atom stereocenters. The Bertz CT molecular complexity index is 1680. The lowest BCUT2D eigenvalue weighted by atomic mass is 9.97. The third-order valence-electron chi connectivity index (χ3n) is 8.21. The number of likely N-dealkylation sites (tertiary alicyclic amines) is 1. The number of benzene rings is 2. The fourth-order valence-electron chi connectivity index (χ4n) is 5.76. The van der Waals surface area contributed by atoms with Crippen LogP contribution in [0.1, 0.15) is 36.2 Å². The van der Waals surface area contributed by atoms with Gasteiger partial charge < -0.3 is 29.6 Å². The summed E-state index contributed by atoms with van der Waals surface area (Å²) >= 11 is 6.33. The monoisotopic (exact) mass is 597 g/mol. The van der Waals surface area contributed by atoms with Gasteiger partial charge in [0.2, 0.25) is 11.5 Å². The zero-order valence-electron chi connectivity index (χ0n) is 22.7. The number of rotatable bonds is 6. The van der Waals surface area contributed by atoms with Crippen LogP contribution in [0.2, 0.25) is 5.02 Å². The van der Waals surface area contributed by atoms with Crippen molar-refractivity contribution in [3.05, 3.63) is 52.7 Å². The molecule has 2 N–H and O–H groups in total. The van der Waals surface area contributed by atoms with Crippen molar-refractivity contribution in [2.75, 3.05) is 26.0 Å². The third-order valence-corrected chi connectivity index (χ3v) is 8.53. The zero-order chi connectivity index (χ0) is 29.9. The molecule has 218 valence electrons. The van der Waals surface area contributed by atoms with Gasteiger partial charge >= 0.3 is 0 Å². The molecule has 10 nitrogen and oxygen atoms in total. The van der Waals surface area contributed by atoms with Gasteiger partial charge in [0, 0.05) is 31.0 Å². The normalized spacial score (nSPS) is 21.9. The average Bonchev–Trinajstić information content (AvgIpc) is 3.54. The predicted molar refractivity (Wildman–Crippen MR) is 147 cm³/mol. The lowest BCUT2D eigenvalue weighted by Crippen LogP contribution is -2.55. The molecule has 1 spiro atoms. The van der Waals surface area contributed by atoms with Crippen molar-refractivity contribution in [2.45, 2.75) is 43.4 Å². The first-order valence-electron chi connectivity index (χ1n) is 13.4. The number of aromatic nitrogens is 1. The standard InChI is InChI=1S/C29H26ClF2N5O5/c1-36(26(38)20-10-17-22(41-2)6-5-18(30)24(17)34-20)21(7-14-3-4-14)27(39)37-13-29(11-16(37)12-33)28(40)35-25-19(32)8-15(31)9-23(25)42-29/h5-6,8-10,14,16,21,34H,3-4,7,11,13H2,1-2H3,(H,35,40)/t16-,21-,29+/m0/s1. The van der Waals surface area contributed by atoms with Gasteiger partial charge in [-0.15, -0.1) is 0 Å². The van der Waals surface area contributed by atoms with Crippen LogP contribution >= 0.6 is 11.6 Å². The zero-order valence-corrected chi connectivity index (χ0v) is 23.4. The molecular formula is C29H26ClF2N5O5. The van der Waals surface area contributed by atoms with Crippen LogP contribution in [0.25, 0.3) is 10.9 Å². The molecule has 6 rings (SSSR count). The smallest absolute Gasteiger partial charge is 0.270 e. The Morgan fingerprint density at radius 1 is 1.31 bits per heavy atom. The molecule has 3 aliphatic rings. The number of ether oxygens (including phenoxy) is 2. The number of anilines is 1. The molecule has 1 aromatic heterocycles. The lowest BCUT2D eigenvalue weighted by molar-refractivity contribution is -0.138. The molecule has 42 heavy (non-hydrogen) atoms. The average molecular weight is 598 g/mol. The number of halogens is 3. The van der Waals surface area contributed by atoms with Gasteiger partial charge in [-0.1, -0.05) is 24.4 Å². The minimum Gasteiger partial charge on any atom is -0.496 e. The van der Waals surface area contributed by atoms with Gasteiger partial charge in [-0.3, -0.25) is 14.4 Å². The number of fused-ring (bicyclic) bond motifs is 2. The molecule has 0 unspecified atom stereocenters. The Morgan fingerprint density at radius 2 is 2.07 bits per heavy atom. The number of nitrogens with zero attached hydrogens (tertiary/aromatic N) is 3. The molecule has 3 heterocycles. The summed E-state index contributed by atoms with van der Waals surface area (Å²) < 4.78 is 39.5. The van der Waals surface area contributed by atoms with Gasteiger partial charge in [-0.25, -0.2) is 8.78 Å². The highest BCUT2D eigenvalue weighted by Crippen LogP contribution is 2.43. The first-order valence-corrected chi connectivity index (χ1v) is 13.7. The number of nitriles is 1. The summed E-state index contributed by atoms with van der Waals surface area (Å²) in [5, 5.41) is 13.4. The van der Waals surface area contributed by atoms with E-state index in [0.29, 0.717) is 34.2 Å². The highest BCUT2D eigenvalue weighted by atomic mass is 35.5. The molecule has 3 amide bonds. The van der Waals surface area contributed by atoms with Crippen molar-refractivity contribution < 1.29 is 32.6 Å².